The van der Waals surface area contributed by atoms with Crippen molar-refractivity contribution >= 4 is 23.1 Å². The first-order chi connectivity index (χ1) is 14.6. The van der Waals surface area contributed by atoms with Crippen molar-refractivity contribution in [2.75, 3.05) is 17.7 Å². The van der Waals surface area contributed by atoms with Gasteiger partial charge >= 0.3 is 0 Å². The van der Waals surface area contributed by atoms with Crippen LogP contribution < -0.4 is 15.4 Å². The molecule has 0 bridgehead atoms. The predicted octanol–water partition coefficient (Wildman–Crippen LogP) is 3.37. The van der Waals surface area contributed by atoms with Gasteiger partial charge in [0.15, 0.2) is 0 Å². The van der Waals surface area contributed by atoms with E-state index < -0.39 is 0 Å². The summed E-state index contributed by atoms with van der Waals surface area (Å²) < 4.78 is 6.93. The van der Waals surface area contributed by atoms with E-state index in [1.165, 1.54) is 19.6 Å². The molecule has 0 aliphatic carbocycles. The second-order valence-electron chi connectivity index (χ2n) is 6.35. The smallest absolute Gasteiger partial charge is 0.255 e. The van der Waals surface area contributed by atoms with E-state index in [0.29, 0.717) is 22.9 Å². The Kier molecular flexibility index (Phi) is 5.33. The molecule has 0 unspecified atom stereocenters. The number of ether oxygens (including phenoxy) is 1. The summed E-state index contributed by atoms with van der Waals surface area (Å²) in [4.78, 5) is 29.2. The number of aryl methyl sites for hydroxylation is 1. The van der Waals surface area contributed by atoms with Crippen molar-refractivity contribution < 1.29 is 9.53 Å². The number of carbonyl (C=O) groups is 1. The predicted molar refractivity (Wildman–Crippen MR) is 112 cm³/mol. The van der Waals surface area contributed by atoms with Gasteiger partial charge in [-0.05, 0) is 37.3 Å². The van der Waals surface area contributed by atoms with Gasteiger partial charge in [-0.3, -0.25) is 9.36 Å². The fraction of sp³-hybridized carbons (Fsp3) is 0.0952. The fourth-order valence-corrected chi connectivity index (χ4v) is 2.82. The summed E-state index contributed by atoms with van der Waals surface area (Å²) in [7, 11) is 1.51. The Morgan fingerprint density at radius 1 is 0.967 bits per heavy atom. The highest BCUT2D eigenvalue weighted by Crippen LogP contribution is 2.20. The monoisotopic (exact) mass is 401 g/mol. The van der Waals surface area contributed by atoms with E-state index in [1.54, 1.807) is 30.5 Å². The maximum absolute atomic E-state index is 12.4. The third-order valence-electron chi connectivity index (χ3n) is 4.35. The molecule has 30 heavy (non-hydrogen) atoms. The molecule has 0 saturated carbocycles. The number of benzene rings is 1. The van der Waals surface area contributed by atoms with Gasteiger partial charge < -0.3 is 15.4 Å². The molecule has 9 nitrogen and oxygen atoms in total. The zero-order valence-electron chi connectivity index (χ0n) is 16.4. The normalized spacial score (nSPS) is 10.5. The molecule has 3 aromatic heterocycles. The standard InChI is InChI=1S/C21H19N7O2/c1-14-22-9-10-28(14)19-12-18(24-13-25-19)26-16-3-5-17(6-4-16)27-21(29)15-7-8-23-20(11-15)30-2/h3-13H,1-2H3,(H,27,29)(H,24,25,26). The summed E-state index contributed by atoms with van der Waals surface area (Å²) in [6.07, 6.45) is 6.59. The van der Waals surface area contributed by atoms with Crippen molar-refractivity contribution in [2.45, 2.75) is 6.92 Å². The highest BCUT2D eigenvalue weighted by Gasteiger charge is 2.08. The fourth-order valence-electron chi connectivity index (χ4n) is 2.82. The zero-order chi connectivity index (χ0) is 20.9. The van der Waals surface area contributed by atoms with Crippen molar-refractivity contribution in [3.63, 3.8) is 0 Å². The number of hydrogen-bond acceptors (Lipinski definition) is 7. The van der Waals surface area contributed by atoms with Gasteiger partial charge in [0.25, 0.3) is 5.91 Å². The van der Waals surface area contributed by atoms with Gasteiger partial charge in [0, 0.05) is 47.7 Å². The van der Waals surface area contributed by atoms with Gasteiger partial charge in [0.05, 0.1) is 7.11 Å². The highest BCUT2D eigenvalue weighted by molar-refractivity contribution is 6.04. The van der Waals surface area contributed by atoms with Gasteiger partial charge in [0.1, 0.15) is 23.8 Å². The molecule has 1 amide bonds. The van der Waals surface area contributed by atoms with Crippen LogP contribution in [0.15, 0.2) is 67.4 Å². The van der Waals surface area contributed by atoms with Gasteiger partial charge in [-0.25, -0.2) is 19.9 Å². The summed E-state index contributed by atoms with van der Waals surface area (Å²) >= 11 is 0. The number of nitrogens with one attached hydrogen (secondary N) is 2. The van der Waals surface area contributed by atoms with Crippen molar-refractivity contribution in [3.05, 3.63) is 78.8 Å². The largest absolute Gasteiger partial charge is 0.481 e. The van der Waals surface area contributed by atoms with Crippen LogP contribution in [-0.2, 0) is 0 Å². The SMILES string of the molecule is COc1cc(C(=O)Nc2ccc(Nc3cc(-n4ccnc4C)ncn3)cc2)ccn1. The molecule has 1 aromatic carbocycles. The van der Waals surface area contributed by atoms with Crippen LogP contribution in [0.3, 0.4) is 0 Å². The van der Waals surface area contributed by atoms with Crippen LogP contribution in [0, 0.1) is 6.92 Å². The Labute approximate surface area is 172 Å². The summed E-state index contributed by atoms with van der Waals surface area (Å²) in [6, 6.07) is 12.4. The molecule has 4 rings (SSSR count). The minimum absolute atomic E-state index is 0.243. The number of methoxy groups -OCH3 is 1. The van der Waals surface area contributed by atoms with Gasteiger partial charge in [-0.15, -0.1) is 0 Å². The van der Waals surface area contributed by atoms with Gasteiger partial charge in [-0.2, -0.15) is 0 Å². The summed E-state index contributed by atoms with van der Waals surface area (Å²) in [5, 5.41) is 6.08. The topological polar surface area (TPSA) is 107 Å². The Morgan fingerprint density at radius 2 is 1.77 bits per heavy atom. The molecule has 3 heterocycles. The molecule has 0 saturated heterocycles. The quantitative estimate of drug-likeness (QED) is 0.510. The molecular weight excluding hydrogens is 382 g/mol. The lowest BCUT2D eigenvalue weighted by Crippen LogP contribution is -2.12. The highest BCUT2D eigenvalue weighted by atomic mass is 16.5. The van der Waals surface area contributed by atoms with Gasteiger partial charge in [-0.1, -0.05) is 0 Å². The second kappa shape index (κ2) is 8.39. The molecule has 0 spiro atoms. The van der Waals surface area contributed by atoms with E-state index in [0.717, 1.165) is 17.3 Å². The van der Waals surface area contributed by atoms with E-state index in [2.05, 4.69) is 30.6 Å². The lowest BCUT2D eigenvalue weighted by atomic mass is 10.2. The van der Waals surface area contributed by atoms with Crippen molar-refractivity contribution in [2.24, 2.45) is 0 Å². The zero-order valence-corrected chi connectivity index (χ0v) is 16.4. The number of nitrogens with zero attached hydrogens (tertiary/aromatic N) is 5. The van der Waals surface area contributed by atoms with E-state index in [9.17, 15) is 4.79 Å². The molecule has 4 aromatic rings. The van der Waals surface area contributed by atoms with Crippen LogP contribution in [0.25, 0.3) is 5.82 Å². The number of amides is 1. The molecule has 9 heteroatoms. The van der Waals surface area contributed by atoms with E-state index in [-0.39, 0.29) is 5.91 Å². The van der Waals surface area contributed by atoms with Crippen molar-refractivity contribution in [1.29, 1.82) is 0 Å². The molecule has 0 aliphatic rings. The number of aromatic nitrogens is 5. The van der Waals surface area contributed by atoms with Crippen LogP contribution in [0.4, 0.5) is 17.2 Å². The summed E-state index contributed by atoms with van der Waals surface area (Å²) in [5.74, 6) is 2.35. The third kappa shape index (κ3) is 4.25. The number of rotatable bonds is 6. The van der Waals surface area contributed by atoms with E-state index in [1.807, 2.05) is 35.9 Å². The third-order valence-corrected chi connectivity index (χ3v) is 4.35. The first-order valence-electron chi connectivity index (χ1n) is 9.13. The number of anilines is 3. The molecule has 150 valence electrons. The molecule has 0 atom stereocenters. The molecule has 0 fully saturated rings. The number of carbonyl (C=O) groups excluding carboxylic acids is 1. The van der Waals surface area contributed by atoms with Crippen LogP contribution in [0.2, 0.25) is 0 Å². The first kappa shape index (κ1) is 19.1. The van der Waals surface area contributed by atoms with Crippen molar-refractivity contribution in [1.82, 2.24) is 24.5 Å². The Balaban J connectivity index is 1.44. The minimum Gasteiger partial charge on any atom is -0.481 e. The Morgan fingerprint density at radius 3 is 2.50 bits per heavy atom. The van der Waals surface area contributed by atoms with Crippen LogP contribution in [0.1, 0.15) is 16.2 Å². The number of pyridine rings is 1. The average Bonchev–Trinajstić information content (AvgIpc) is 3.21. The van der Waals surface area contributed by atoms with E-state index >= 15 is 0 Å². The lowest BCUT2D eigenvalue weighted by molar-refractivity contribution is 0.102. The van der Waals surface area contributed by atoms with Gasteiger partial charge in [0.2, 0.25) is 5.88 Å². The Hall–Kier alpha value is -4.27. The molecule has 0 aliphatic heterocycles. The number of imidazole rings is 1. The Bertz CT molecular complexity index is 1170. The number of hydrogen-bond donors (Lipinski definition) is 2. The van der Waals surface area contributed by atoms with Crippen molar-refractivity contribution in [3.8, 4) is 11.7 Å². The average molecular weight is 401 g/mol. The van der Waals surface area contributed by atoms with Crippen LogP contribution >= 0.6 is 0 Å². The maximum Gasteiger partial charge on any atom is 0.255 e. The molecule has 2 N–H and O–H groups in total. The first-order valence-corrected chi connectivity index (χ1v) is 9.13. The summed E-state index contributed by atoms with van der Waals surface area (Å²) in [6.45, 7) is 1.91. The second-order valence-corrected chi connectivity index (χ2v) is 6.35. The molecule has 0 radical (unpaired) electrons. The molecular formula is C21H19N7O2. The maximum atomic E-state index is 12.4. The van der Waals surface area contributed by atoms with Crippen LogP contribution in [-0.4, -0.2) is 37.5 Å². The lowest BCUT2D eigenvalue weighted by Gasteiger charge is -2.10. The summed E-state index contributed by atoms with van der Waals surface area (Å²) in [5.41, 5.74) is 1.96. The van der Waals surface area contributed by atoms with E-state index in [4.69, 9.17) is 4.74 Å². The van der Waals surface area contributed by atoms with Crippen LogP contribution in [0.5, 0.6) is 5.88 Å². The minimum atomic E-state index is -0.243.